The normalized spacial score (nSPS) is 12.1. The van der Waals surface area contributed by atoms with Crippen LogP contribution in [0.2, 0.25) is 0 Å². The minimum Gasteiger partial charge on any atom is -0.290 e. The zero-order valence-electron chi connectivity index (χ0n) is 14.8. The molecule has 0 spiro atoms. The average molecular weight is 368 g/mol. The van der Waals surface area contributed by atoms with E-state index in [0.717, 1.165) is 11.1 Å². The lowest BCUT2D eigenvalue weighted by Crippen LogP contribution is -1.97. The first-order valence-electron chi connectivity index (χ1n) is 8.63. The lowest BCUT2D eigenvalue weighted by atomic mass is 9.98. The Balaban J connectivity index is 1.77. The molecule has 0 amide bonds. The summed E-state index contributed by atoms with van der Waals surface area (Å²) in [5, 5.41) is 21.0. The molecule has 0 fully saturated rings. The Hall–Kier alpha value is -4.13. The first-order valence-corrected chi connectivity index (χ1v) is 8.63. The maximum Gasteiger partial charge on any atom is 0.180 e. The van der Waals surface area contributed by atoms with E-state index in [0.29, 0.717) is 22.5 Å². The second kappa shape index (κ2) is 8.05. The minimum absolute atomic E-state index is 0.191. The first kappa shape index (κ1) is 17.3. The number of H-pyrrole nitrogens is 2. The molecule has 2 N–H and O–H groups in total. The number of allylic oxidation sites excluding steroid dienone is 2. The zero-order valence-corrected chi connectivity index (χ0v) is 14.8. The number of aromatic nitrogens is 6. The van der Waals surface area contributed by atoms with Gasteiger partial charge in [0.2, 0.25) is 0 Å². The number of hydrogen-bond donors (Lipinski definition) is 2. The number of rotatable bonds is 6. The largest absolute Gasteiger partial charge is 0.290 e. The predicted molar refractivity (Wildman–Crippen MR) is 105 cm³/mol. The maximum absolute atomic E-state index is 12.9. The number of ketones is 1. The molecule has 136 valence electrons. The van der Waals surface area contributed by atoms with Crippen LogP contribution in [-0.2, 0) is 4.79 Å². The lowest BCUT2D eigenvalue weighted by molar-refractivity contribution is -0.110. The smallest absolute Gasteiger partial charge is 0.180 e. The van der Waals surface area contributed by atoms with Crippen molar-refractivity contribution in [3.05, 3.63) is 108 Å². The number of nitrogens with one attached hydrogen (secondary N) is 2. The predicted octanol–water partition coefficient (Wildman–Crippen LogP) is 3.06. The van der Waals surface area contributed by atoms with E-state index in [-0.39, 0.29) is 5.78 Å². The highest BCUT2D eigenvalue weighted by molar-refractivity contribution is 6.10. The van der Waals surface area contributed by atoms with Crippen molar-refractivity contribution in [2.75, 3.05) is 0 Å². The summed E-state index contributed by atoms with van der Waals surface area (Å²) in [5.74, 6) is -0.191. The number of hydrogen-bond acceptors (Lipinski definition) is 5. The topological polar surface area (TPSA) is 100 Å². The SMILES string of the molecule is O=C(C=C(c1ccccc1)c1c[nH]nn1)C=C(c1ccccc1)c1c[nH]nn1. The summed E-state index contributed by atoms with van der Waals surface area (Å²) in [6, 6.07) is 19.2. The van der Waals surface area contributed by atoms with Crippen molar-refractivity contribution in [2.45, 2.75) is 0 Å². The van der Waals surface area contributed by atoms with Gasteiger partial charge in [-0.3, -0.25) is 15.0 Å². The van der Waals surface area contributed by atoms with E-state index in [4.69, 9.17) is 0 Å². The highest BCUT2D eigenvalue weighted by atomic mass is 16.1. The van der Waals surface area contributed by atoms with Gasteiger partial charge in [-0.1, -0.05) is 71.1 Å². The van der Waals surface area contributed by atoms with E-state index >= 15 is 0 Å². The maximum atomic E-state index is 12.9. The second-order valence-corrected chi connectivity index (χ2v) is 5.97. The molecule has 4 aromatic rings. The summed E-state index contributed by atoms with van der Waals surface area (Å²) in [4.78, 5) is 12.9. The Labute approximate surface area is 160 Å². The summed E-state index contributed by atoms with van der Waals surface area (Å²) in [6.45, 7) is 0. The van der Waals surface area contributed by atoms with Crippen molar-refractivity contribution in [2.24, 2.45) is 0 Å². The molecule has 0 bridgehead atoms. The van der Waals surface area contributed by atoms with Gasteiger partial charge in [-0.05, 0) is 23.3 Å². The summed E-state index contributed by atoms with van der Waals surface area (Å²) >= 11 is 0. The van der Waals surface area contributed by atoms with Crippen LogP contribution in [0.4, 0.5) is 0 Å². The average Bonchev–Trinajstić information content (AvgIpc) is 3.46. The van der Waals surface area contributed by atoms with E-state index in [1.165, 1.54) is 0 Å². The molecule has 2 aromatic heterocycles. The highest BCUT2D eigenvalue weighted by Crippen LogP contribution is 2.23. The van der Waals surface area contributed by atoms with E-state index in [9.17, 15) is 4.79 Å². The summed E-state index contributed by atoms with van der Waals surface area (Å²) in [6.07, 6.45) is 6.42. The molecule has 28 heavy (non-hydrogen) atoms. The van der Waals surface area contributed by atoms with E-state index in [2.05, 4.69) is 30.8 Å². The van der Waals surface area contributed by atoms with Crippen molar-refractivity contribution in [3.63, 3.8) is 0 Å². The van der Waals surface area contributed by atoms with E-state index < -0.39 is 0 Å². The molecule has 2 heterocycles. The van der Waals surface area contributed by atoms with Crippen molar-refractivity contribution in [1.29, 1.82) is 0 Å². The number of nitrogens with zero attached hydrogens (tertiary/aromatic N) is 4. The van der Waals surface area contributed by atoms with Crippen LogP contribution in [0.25, 0.3) is 11.1 Å². The first-order chi connectivity index (χ1) is 13.8. The van der Waals surface area contributed by atoms with Crippen LogP contribution in [-0.4, -0.2) is 36.6 Å². The summed E-state index contributed by atoms with van der Waals surface area (Å²) < 4.78 is 0. The van der Waals surface area contributed by atoms with Crippen molar-refractivity contribution >= 4 is 16.9 Å². The number of benzene rings is 2. The molecular formula is C21H16N6O. The van der Waals surface area contributed by atoms with Crippen LogP contribution in [0.15, 0.2) is 85.2 Å². The fraction of sp³-hybridized carbons (Fsp3) is 0. The van der Waals surface area contributed by atoms with E-state index in [1.54, 1.807) is 24.5 Å². The third-order valence-corrected chi connectivity index (χ3v) is 4.13. The van der Waals surface area contributed by atoms with Crippen molar-refractivity contribution in [3.8, 4) is 0 Å². The van der Waals surface area contributed by atoms with Gasteiger partial charge in [-0.2, -0.15) is 0 Å². The molecule has 0 aliphatic carbocycles. The lowest BCUT2D eigenvalue weighted by Gasteiger charge is -2.05. The summed E-state index contributed by atoms with van der Waals surface area (Å²) in [7, 11) is 0. The molecule has 2 aromatic carbocycles. The number of carbonyl (C=O) groups excluding carboxylic acids is 1. The quantitative estimate of drug-likeness (QED) is 0.510. The van der Waals surface area contributed by atoms with Crippen molar-refractivity contribution in [1.82, 2.24) is 30.8 Å². The monoisotopic (exact) mass is 368 g/mol. The van der Waals surface area contributed by atoms with Gasteiger partial charge in [0, 0.05) is 11.1 Å². The van der Waals surface area contributed by atoms with Gasteiger partial charge in [0.05, 0.1) is 12.4 Å². The van der Waals surface area contributed by atoms with Crippen LogP contribution in [0, 0.1) is 0 Å². The van der Waals surface area contributed by atoms with Gasteiger partial charge in [-0.15, -0.1) is 10.2 Å². The minimum atomic E-state index is -0.191. The molecule has 0 atom stereocenters. The zero-order chi connectivity index (χ0) is 19.2. The molecule has 4 rings (SSSR count). The van der Waals surface area contributed by atoms with Gasteiger partial charge >= 0.3 is 0 Å². The Kier molecular flexibility index (Phi) is 4.97. The van der Waals surface area contributed by atoms with E-state index in [1.807, 2.05) is 60.7 Å². The molecule has 0 saturated carbocycles. The van der Waals surface area contributed by atoms with Gasteiger partial charge in [0.25, 0.3) is 0 Å². The van der Waals surface area contributed by atoms with Crippen LogP contribution >= 0.6 is 0 Å². The van der Waals surface area contributed by atoms with Gasteiger partial charge < -0.3 is 0 Å². The van der Waals surface area contributed by atoms with Crippen LogP contribution in [0.1, 0.15) is 22.5 Å². The Morgan fingerprint density at radius 3 is 1.46 bits per heavy atom. The fourth-order valence-electron chi connectivity index (χ4n) is 2.84. The Bertz CT molecular complexity index is 1010. The number of aromatic amines is 2. The van der Waals surface area contributed by atoms with Crippen molar-refractivity contribution < 1.29 is 4.79 Å². The second-order valence-electron chi connectivity index (χ2n) is 5.97. The molecule has 7 heteroatoms. The van der Waals surface area contributed by atoms with Crippen LogP contribution < -0.4 is 0 Å². The molecule has 0 aliphatic rings. The Morgan fingerprint density at radius 2 is 1.11 bits per heavy atom. The number of carbonyl (C=O) groups is 1. The molecular weight excluding hydrogens is 352 g/mol. The standard InChI is InChI=1S/C21H16N6O/c28-17(11-18(20-13-22-26-24-20)15-7-3-1-4-8-15)12-19(21-14-23-27-25-21)16-9-5-2-6-10-16/h1-14H,(H,22,24,26)(H,23,25,27). The molecule has 0 unspecified atom stereocenters. The molecule has 7 nitrogen and oxygen atoms in total. The van der Waals surface area contributed by atoms with Gasteiger partial charge in [-0.25, -0.2) is 0 Å². The van der Waals surface area contributed by atoms with Gasteiger partial charge in [0.1, 0.15) is 11.4 Å². The third-order valence-electron chi connectivity index (χ3n) is 4.13. The molecule has 0 aliphatic heterocycles. The fourth-order valence-corrected chi connectivity index (χ4v) is 2.84. The Morgan fingerprint density at radius 1 is 0.679 bits per heavy atom. The highest BCUT2D eigenvalue weighted by Gasteiger charge is 2.13. The molecule has 0 radical (unpaired) electrons. The van der Waals surface area contributed by atoms with Crippen LogP contribution in [0.5, 0.6) is 0 Å². The molecule has 0 saturated heterocycles. The van der Waals surface area contributed by atoms with Gasteiger partial charge in [0.15, 0.2) is 5.78 Å². The van der Waals surface area contributed by atoms with Crippen LogP contribution in [0.3, 0.4) is 0 Å². The third kappa shape index (κ3) is 3.83. The summed E-state index contributed by atoms with van der Waals surface area (Å²) in [5.41, 5.74) is 4.30.